The molecule has 0 atom stereocenters. The van der Waals surface area contributed by atoms with Crippen LogP contribution in [0.25, 0.3) is 0 Å². The van der Waals surface area contributed by atoms with E-state index in [0.29, 0.717) is 6.42 Å². The van der Waals surface area contributed by atoms with Gasteiger partial charge in [-0.05, 0) is 24.6 Å². The molecule has 0 saturated carbocycles. The summed E-state index contributed by atoms with van der Waals surface area (Å²) in [6, 6.07) is 4.35. The zero-order chi connectivity index (χ0) is 14.5. The van der Waals surface area contributed by atoms with Crippen LogP contribution >= 0.6 is 23.2 Å². The average molecular weight is 325 g/mol. The summed E-state index contributed by atoms with van der Waals surface area (Å²) >= 11 is 11.3. The Morgan fingerprint density at radius 2 is 2.05 bits per heavy atom. The van der Waals surface area contributed by atoms with Crippen LogP contribution in [0, 0.1) is 0 Å². The van der Waals surface area contributed by atoms with Crippen molar-refractivity contribution in [2.24, 2.45) is 0 Å². The quantitative estimate of drug-likeness (QED) is 0.786. The Hall–Kier alpha value is -0.980. The maximum absolute atomic E-state index is 11.7. The lowest BCUT2D eigenvalue weighted by Crippen LogP contribution is -2.20. The fourth-order valence-corrected chi connectivity index (χ4v) is 2.98. The second kappa shape index (κ2) is 6.98. The molecule has 0 spiro atoms. The monoisotopic (exact) mass is 324 g/mol. The van der Waals surface area contributed by atoms with Gasteiger partial charge in [-0.2, -0.15) is 0 Å². The standard InChI is InChI=1S/C11H14Cl2N2O3S/c1-14-11(16)9-7-8(3-4-10(9)13)15-19(17,18)6-2-5-12/h3-4,7,15H,2,5-6H2,1H3,(H,14,16). The van der Waals surface area contributed by atoms with E-state index in [1.165, 1.54) is 25.2 Å². The van der Waals surface area contributed by atoms with E-state index < -0.39 is 10.0 Å². The lowest BCUT2D eigenvalue weighted by Gasteiger charge is -2.09. The Labute approximate surface area is 122 Å². The minimum absolute atomic E-state index is 0.0750. The molecule has 0 aromatic heterocycles. The van der Waals surface area contributed by atoms with Gasteiger partial charge in [0.15, 0.2) is 0 Å². The number of alkyl halides is 1. The lowest BCUT2D eigenvalue weighted by atomic mass is 10.2. The van der Waals surface area contributed by atoms with E-state index >= 15 is 0 Å². The molecule has 5 nitrogen and oxygen atoms in total. The molecule has 2 N–H and O–H groups in total. The predicted molar refractivity (Wildman–Crippen MR) is 77.6 cm³/mol. The Morgan fingerprint density at radius 3 is 2.63 bits per heavy atom. The molecule has 0 radical (unpaired) electrons. The Balaban J connectivity index is 2.94. The van der Waals surface area contributed by atoms with Crippen LogP contribution in [-0.4, -0.2) is 33.0 Å². The molecule has 0 aliphatic carbocycles. The minimum atomic E-state index is -3.47. The molecule has 19 heavy (non-hydrogen) atoms. The largest absolute Gasteiger partial charge is 0.355 e. The van der Waals surface area contributed by atoms with Gasteiger partial charge >= 0.3 is 0 Å². The molecule has 0 unspecified atom stereocenters. The normalized spacial score (nSPS) is 11.1. The van der Waals surface area contributed by atoms with Gasteiger partial charge in [0.1, 0.15) is 0 Å². The molecule has 1 aromatic carbocycles. The van der Waals surface area contributed by atoms with Crippen LogP contribution in [0.5, 0.6) is 0 Å². The third kappa shape index (κ3) is 4.89. The summed E-state index contributed by atoms with van der Waals surface area (Å²) in [7, 11) is -2.00. The number of hydrogen-bond donors (Lipinski definition) is 2. The number of rotatable bonds is 6. The number of anilines is 1. The van der Waals surface area contributed by atoms with Crippen molar-refractivity contribution in [3.8, 4) is 0 Å². The number of hydrogen-bond acceptors (Lipinski definition) is 3. The maximum atomic E-state index is 11.7. The zero-order valence-corrected chi connectivity index (χ0v) is 12.6. The van der Waals surface area contributed by atoms with Gasteiger partial charge in [-0.3, -0.25) is 9.52 Å². The number of amides is 1. The van der Waals surface area contributed by atoms with E-state index in [1.807, 2.05) is 0 Å². The first-order valence-electron chi connectivity index (χ1n) is 5.47. The number of carbonyl (C=O) groups excluding carboxylic acids is 1. The molecule has 0 aliphatic heterocycles. The molecule has 106 valence electrons. The highest BCUT2D eigenvalue weighted by molar-refractivity contribution is 7.92. The van der Waals surface area contributed by atoms with E-state index in [9.17, 15) is 13.2 Å². The van der Waals surface area contributed by atoms with E-state index in [-0.39, 0.29) is 33.8 Å². The molecule has 0 bridgehead atoms. The summed E-state index contributed by atoms with van der Waals surface area (Å²) in [6.07, 6.45) is 0.354. The topological polar surface area (TPSA) is 75.3 Å². The number of halogens is 2. The van der Waals surface area contributed by atoms with Crippen LogP contribution in [0.3, 0.4) is 0 Å². The van der Waals surface area contributed by atoms with Gasteiger partial charge in [-0.15, -0.1) is 11.6 Å². The van der Waals surface area contributed by atoms with E-state index in [2.05, 4.69) is 10.0 Å². The molecular formula is C11H14Cl2N2O3S. The first-order chi connectivity index (χ1) is 8.89. The summed E-state index contributed by atoms with van der Waals surface area (Å²) in [4.78, 5) is 11.5. The molecule has 1 aromatic rings. The Bertz CT molecular complexity index is 561. The third-order valence-corrected chi connectivity index (χ3v) is 4.23. The highest BCUT2D eigenvalue weighted by Gasteiger charge is 2.13. The van der Waals surface area contributed by atoms with Gasteiger partial charge in [0.2, 0.25) is 10.0 Å². The van der Waals surface area contributed by atoms with Crippen molar-refractivity contribution in [1.82, 2.24) is 5.32 Å². The third-order valence-electron chi connectivity index (χ3n) is 2.26. The van der Waals surface area contributed by atoms with Crippen molar-refractivity contribution < 1.29 is 13.2 Å². The molecule has 0 fully saturated rings. The Morgan fingerprint density at radius 1 is 1.37 bits per heavy atom. The highest BCUT2D eigenvalue weighted by atomic mass is 35.5. The van der Waals surface area contributed by atoms with Crippen molar-refractivity contribution >= 4 is 44.8 Å². The molecule has 0 heterocycles. The van der Waals surface area contributed by atoms with Crippen LogP contribution < -0.4 is 10.0 Å². The highest BCUT2D eigenvalue weighted by Crippen LogP contribution is 2.21. The van der Waals surface area contributed by atoms with Crippen molar-refractivity contribution in [2.75, 3.05) is 23.4 Å². The van der Waals surface area contributed by atoms with Gasteiger partial charge in [0, 0.05) is 18.6 Å². The predicted octanol–water partition coefficient (Wildman–Crippen LogP) is 2.07. The van der Waals surface area contributed by atoms with Gasteiger partial charge in [-0.25, -0.2) is 8.42 Å². The number of carbonyl (C=O) groups is 1. The second-order valence-corrected chi connectivity index (χ2v) is 6.36. The first-order valence-corrected chi connectivity index (χ1v) is 8.04. The van der Waals surface area contributed by atoms with Crippen LogP contribution in [0.1, 0.15) is 16.8 Å². The molecule has 0 saturated heterocycles. The van der Waals surface area contributed by atoms with Gasteiger partial charge in [-0.1, -0.05) is 11.6 Å². The number of benzene rings is 1. The van der Waals surface area contributed by atoms with Crippen molar-refractivity contribution in [2.45, 2.75) is 6.42 Å². The van der Waals surface area contributed by atoms with Crippen LogP contribution in [0.2, 0.25) is 5.02 Å². The van der Waals surface area contributed by atoms with Gasteiger partial charge < -0.3 is 5.32 Å². The number of nitrogens with one attached hydrogen (secondary N) is 2. The van der Waals surface area contributed by atoms with Crippen molar-refractivity contribution in [3.63, 3.8) is 0 Å². The fraction of sp³-hybridized carbons (Fsp3) is 0.364. The SMILES string of the molecule is CNC(=O)c1cc(NS(=O)(=O)CCCCl)ccc1Cl. The smallest absolute Gasteiger partial charge is 0.252 e. The van der Waals surface area contributed by atoms with Crippen LogP contribution in [-0.2, 0) is 10.0 Å². The minimum Gasteiger partial charge on any atom is -0.355 e. The van der Waals surface area contributed by atoms with Crippen molar-refractivity contribution in [1.29, 1.82) is 0 Å². The summed E-state index contributed by atoms with van der Waals surface area (Å²) in [5, 5.41) is 2.68. The van der Waals surface area contributed by atoms with E-state index in [1.54, 1.807) is 0 Å². The second-order valence-electron chi connectivity index (χ2n) is 3.74. The summed E-state index contributed by atoms with van der Waals surface area (Å²) in [5.41, 5.74) is 0.499. The summed E-state index contributed by atoms with van der Waals surface area (Å²) < 4.78 is 25.8. The lowest BCUT2D eigenvalue weighted by molar-refractivity contribution is 0.0963. The molecule has 1 amide bonds. The summed E-state index contributed by atoms with van der Waals surface area (Å²) in [6.45, 7) is 0. The van der Waals surface area contributed by atoms with Crippen molar-refractivity contribution in [3.05, 3.63) is 28.8 Å². The van der Waals surface area contributed by atoms with Gasteiger partial charge in [0.25, 0.3) is 5.91 Å². The molecule has 8 heteroatoms. The maximum Gasteiger partial charge on any atom is 0.252 e. The van der Waals surface area contributed by atoms with Crippen LogP contribution in [0.15, 0.2) is 18.2 Å². The summed E-state index contributed by atoms with van der Waals surface area (Å²) in [5.74, 6) is -0.189. The van der Waals surface area contributed by atoms with E-state index in [0.717, 1.165) is 0 Å². The molecular weight excluding hydrogens is 311 g/mol. The van der Waals surface area contributed by atoms with Crippen LogP contribution in [0.4, 0.5) is 5.69 Å². The first kappa shape index (κ1) is 16.1. The zero-order valence-electron chi connectivity index (χ0n) is 10.2. The molecule has 1 rings (SSSR count). The average Bonchev–Trinajstić information content (AvgIpc) is 2.37. The number of sulfonamides is 1. The fourth-order valence-electron chi connectivity index (χ4n) is 1.37. The van der Waals surface area contributed by atoms with E-state index in [4.69, 9.17) is 23.2 Å². The molecule has 0 aliphatic rings. The van der Waals surface area contributed by atoms with Gasteiger partial charge in [0.05, 0.1) is 16.3 Å². The Kier molecular flexibility index (Phi) is 5.90.